The van der Waals surface area contributed by atoms with Crippen LogP contribution in [0, 0.1) is 6.57 Å². The summed E-state index contributed by atoms with van der Waals surface area (Å²) in [6.45, 7) is 6.95. The fraction of sp³-hybridized carbons (Fsp3) is 0.111. The average Bonchev–Trinajstić information content (AvgIpc) is 2.49. The third kappa shape index (κ3) is 1.36. The van der Waals surface area contributed by atoms with Gasteiger partial charge in [0.25, 0.3) is 6.54 Å². The van der Waals surface area contributed by atoms with Crippen molar-refractivity contribution >= 4 is 22.6 Å². The van der Waals surface area contributed by atoms with E-state index in [2.05, 4.69) is 10.0 Å². The first-order chi connectivity index (χ1) is 6.31. The van der Waals surface area contributed by atoms with Gasteiger partial charge in [-0.15, -0.1) is 0 Å². The van der Waals surface area contributed by atoms with Gasteiger partial charge in [0.15, 0.2) is 11.3 Å². The van der Waals surface area contributed by atoms with E-state index in [0.29, 0.717) is 16.3 Å². The number of hydrogen-bond acceptors (Lipinski definition) is 2. The van der Waals surface area contributed by atoms with Crippen molar-refractivity contribution in [1.82, 2.24) is 5.16 Å². The van der Waals surface area contributed by atoms with Crippen LogP contribution in [0.2, 0.25) is 5.02 Å². The molecular weight excluding hydrogens is 188 g/mol. The van der Waals surface area contributed by atoms with E-state index in [4.69, 9.17) is 22.7 Å². The Morgan fingerprint density at radius 2 is 2.38 bits per heavy atom. The molecule has 64 valence electrons. The molecule has 0 spiro atoms. The summed E-state index contributed by atoms with van der Waals surface area (Å²) < 4.78 is 5.00. The Morgan fingerprint density at radius 3 is 3.15 bits per heavy atom. The fourth-order valence-electron chi connectivity index (χ4n) is 1.15. The lowest BCUT2D eigenvalue weighted by atomic mass is 10.2. The quantitative estimate of drug-likeness (QED) is 0.651. The molecule has 0 radical (unpaired) electrons. The summed E-state index contributed by atoms with van der Waals surface area (Å²) >= 11 is 5.80. The molecular formula is C9H5ClN2O. The van der Waals surface area contributed by atoms with Crippen LogP contribution >= 0.6 is 11.6 Å². The predicted molar refractivity (Wildman–Crippen MR) is 49.3 cm³/mol. The molecule has 0 amide bonds. The predicted octanol–water partition coefficient (Wildman–Crippen LogP) is 2.90. The molecule has 2 aromatic rings. The van der Waals surface area contributed by atoms with Gasteiger partial charge in [-0.3, -0.25) is 0 Å². The third-order valence-corrected chi connectivity index (χ3v) is 1.97. The normalized spacial score (nSPS) is 10.2. The van der Waals surface area contributed by atoms with Crippen molar-refractivity contribution in [3.8, 4) is 0 Å². The third-order valence-electron chi connectivity index (χ3n) is 1.74. The van der Waals surface area contributed by atoms with E-state index in [1.54, 1.807) is 18.2 Å². The zero-order chi connectivity index (χ0) is 9.26. The van der Waals surface area contributed by atoms with Crippen molar-refractivity contribution in [2.45, 2.75) is 6.54 Å². The first-order valence-corrected chi connectivity index (χ1v) is 4.06. The van der Waals surface area contributed by atoms with Crippen molar-refractivity contribution in [1.29, 1.82) is 0 Å². The van der Waals surface area contributed by atoms with Crippen LogP contribution in [0.25, 0.3) is 15.8 Å². The highest BCUT2D eigenvalue weighted by Crippen LogP contribution is 2.22. The van der Waals surface area contributed by atoms with Crippen molar-refractivity contribution in [3.05, 3.63) is 40.3 Å². The molecule has 0 atom stereocenters. The monoisotopic (exact) mass is 192 g/mol. The number of benzene rings is 1. The summed E-state index contributed by atoms with van der Waals surface area (Å²) in [5.41, 5.74) is 1.32. The van der Waals surface area contributed by atoms with E-state index in [9.17, 15) is 0 Å². The van der Waals surface area contributed by atoms with Gasteiger partial charge >= 0.3 is 0 Å². The molecule has 1 aromatic heterocycles. The van der Waals surface area contributed by atoms with Crippen molar-refractivity contribution in [2.24, 2.45) is 0 Å². The molecule has 0 fully saturated rings. The van der Waals surface area contributed by atoms with Gasteiger partial charge in [0.2, 0.25) is 0 Å². The highest BCUT2D eigenvalue weighted by Gasteiger charge is 2.09. The van der Waals surface area contributed by atoms with Gasteiger partial charge in [-0.1, -0.05) is 16.8 Å². The van der Waals surface area contributed by atoms with E-state index in [0.717, 1.165) is 5.39 Å². The summed E-state index contributed by atoms with van der Waals surface area (Å²) in [6, 6.07) is 5.24. The van der Waals surface area contributed by atoms with E-state index in [1.165, 1.54) is 0 Å². The first-order valence-electron chi connectivity index (χ1n) is 3.68. The summed E-state index contributed by atoms with van der Waals surface area (Å²) in [5.74, 6) is 0. The zero-order valence-electron chi connectivity index (χ0n) is 6.62. The van der Waals surface area contributed by atoms with E-state index < -0.39 is 0 Å². The first kappa shape index (κ1) is 8.09. The molecule has 0 aliphatic rings. The van der Waals surface area contributed by atoms with Crippen LogP contribution < -0.4 is 0 Å². The molecule has 0 saturated carbocycles. The van der Waals surface area contributed by atoms with Gasteiger partial charge in [-0.2, -0.15) is 0 Å². The molecule has 3 nitrogen and oxygen atoms in total. The Hall–Kier alpha value is -1.53. The molecule has 1 heterocycles. The molecule has 0 N–H and O–H groups in total. The van der Waals surface area contributed by atoms with Crippen LogP contribution in [0.1, 0.15) is 5.69 Å². The lowest BCUT2D eigenvalue weighted by Crippen LogP contribution is -1.78. The SMILES string of the molecule is [C-]#[N+]Cc1noc2ccc(Cl)cc12. The number of nitrogens with zero attached hydrogens (tertiary/aromatic N) is 2. The summed E-state index contributed by atoms with van der Waals surface area (Å²) in [6.07, 6.45) is 0. The van der Waals surface area contributed by atoms with Crippen LogP contribution in [0.3, 0.4) is 0 Å². The topological polar surface area (TPSA) is 30.4 Å². The Morgan fingerprint density at radius 1 is 1.54 bits per heavy atom. The van der Waals surface area contributed by atoms with Crippen LogP contribution in [0.15, 0.2) is 22.7 Å². The van der Waals surface area contributed by atoms with Gasteiger partial charge < -0.3 is 9.37 Å². The fourth-order valence-corrected chi connectivity index (χ4v) is 1.32. The summed E-state index contributed by atoms with van der Waals surface area (Å²) in [7, 11) is 0. The molecule has 0 saturated heterocycles. The van der Waals surface area contributed by atoms with Gasteiger partial charge in [-0.25, -0.2) is 6.57 Å². The molecule has 0 aliphatic heterocycles. The number of fused-ring (bicyclic) bond motifs is 1. The van der Waals surface area contributed by atoms with Crippen LogP contribution in [0.4, 0.5) is 0 Å². The van der Waals surface area contributed by atoms with Crippen LogP contribution in [0.5, 0.6) is 0 Å². The van der Waals surface area contributed by atoms with Crippen molar-refractivity contribution in [2.75, 3.05) is 0 Å². The van der Waals surface area contributed by atoms with Crippen molar-refractivity contribution < 1.29 is 4.52 Å². The molecule has 2 rings (SSSR count). The Bertz CT molecular complexity index is 484. The minimum atomic E-state index is 0.230. The van der Waals surface area contributed by atoms with Crippen molar-refractivity contribution in [3.63, 3.8) is 0 Å². The van der Waals surface area contributed by atoms with E-state index in [-0.39, 0.29) is 6.54 Å². The molecule has 0 aliphatic carbocycles. The minimum Gasteiger partial charge on any atom is -0.356 e. The molecule has 0 bridgehead atoms. The number of hydrogen-bond donors (Lipinski definition) is 0. The second-order valence-corrected chi connectivity index (χ2v) is 3.02. The Kier molecular flexibility index (Phi) is 1.91. The number of halogens is 1. The van der Waals surface area contributed by atoms with E-state index in [1.807, 2.05) is 0 Å². The lowest BCUT2D eigenvalue weighted by Gasteiger charge is -1.88. The van der Waals surface area contributed by atoms with Crippen LogP contribution in [-0.2, 0) is 6.54 Å². The maximum atomic E-state index is 6.72. The Balaban J connectivity index is 2.66. The van der Waals surface area contributed by atoms with Crippen LogP contribution in [-0.4, -0.2) is 5.16 Å². The zero-order valence-corrected chi connectivity index (χ0v) is 7.38. The maximum absolute atomic E-state index is 6.72. The maximum Gasteiger partial charge on any atom is 0.260 e. The second-order valence-electron chi connectivity index (χ2n) is 2.59. The molecule has 0 unspecified atom stereocenters. The van der Waals surface area contributed by atoms with Gasteiger partial charge in [0.1, 0.15) is 0 Å². The smallest absolute Gasteiger partial charge is 0.260 e. The molecule has 13 heavy (non-hydrogen) atoms. The standard InChI is InChI=1S/C9H5ClN2O/c1-11-5-8-7-4-6(10)2-3-9(7)13-12-8/h2-4H,5H2. The highest BCUT2D eigenvalue weighted by molar-refractivity contribution is 6.31. The van der Waals surface area contributed by atoms with Gasteiger partial charge in [0.05, 0.1) is 5.39 Å². The van der Waals surface area contributed by atoms with E-state index >= 15 is 0 Å². The molecule has 4 heteroatoms. The largest absolute Gasteiger partial charge is 0.356 e. The van der Waals surface area contributed by atoms with Gasteiger partial charge in [0, 0.05) is 5.02 Å². The number of rotatable bonds is 1. The summed E-state index contributed by atoms with van der Waals surface area (Å²) in [5, 5.41) is 5.23. The van der Waals surface area contributed by atoms with Gasteiger partial charge in [-0.05, 0) is 18.2 Å². The second kappa shape index (κ2) is 3.08. The lowest BCUT2D eigenvalue weighted by molar-refractivity contribution is 0.448. The molecule has 1 aromatic carbocycles. The number of aromatic nitrogens is 1. The Labute approximate surface area is 79.7 Å². The average molecular weight is 193 g/mol. The highest BCUT2D eigenvalue weighted by atomic mass is 35.5. The summed E-state index contributed by atoms with van der Waals surface area (Å²) in [4.78, 5) is 3.24. The minimum absolute atomic E-state index is 0.230.